The number of rotatable bonds is 7. The van der Waals surface area contributed by atoms with Crippen LogP contribution in [0.2, 0.25) is 0 Å². The smallest absolute Gasteiger partial charge is 0.241 e. The van der Waals surface area contributed by atoms with Gasteiger partial charge < -0.3 is 9.47 Å². The van der Waals surface area contributed by atoms with E-state index in [1.54, 1.807) is 52.1 Å². The lowest BCUT2D eigenvalue weighted by atomic mass is 9.98. The van der Waals surface area contributed by atoms with E-state index in [0.717, 1.165) is 18.2 Å². The van der Waals surface area contributed by atoms with Gasteiger partial charge in [-0.2, -0.15) is 9.98 Å². The molecule has 1 saturated heterocycles. The highest BCUT2D eigenvalue weighted by Gasteiger charge is 2.31. The largest absolute Gasteiger partial charge is 0.341 e. The summed E-state index contributed by atoms with van der Waals surface area (Å²) >= 11 is 0. The zero-order valence-corrected chi connectivity index (χ0v) is 19.5. The van der Waals surface area contributed by atoms with Crippen molar-refractivity contribution in [2.45, 2.75) is 43.7 Å². The van der Waals surface area contributed by atoms with Crippen LogP contribution in [0, 0.1) is 17.2 Å². The zero-order valence-electron chi connectivity index (χ0n) is 18.6. The third-order valence-corrected chi connectivity index (χ3v) is 7.86. The van der Waals surface area contributed by atoms with Gasteiger partial charge in [0.05, 0.1) is 4.90 Å². The second-order valence-corrected chi connectivity index (χ2v) is 10.3. The van der Waals surface area contributed by atoms with E-state index in [9.17, 15) is 18.5 Å². The van der Waals surface area contributed by atoms with Gasteiger partial charge in [0.25, 0.3) is 0 Å². The summed E-state index contributed by atoms with van der Waals surface area (Å²) < 4.78 is 31.3. The molecule has 0 bridgehead atoms. The molecule has 1 atom stereocenters. The molecular formula is C25H28N4O3S. The molecule has 1 aromatic heterocycles. The number of hydrogen-bond acceptors (Lipinski definition) is 4. The minimum atomic E-state index is -3.96. The van der Waals surface area contributed by atoms with Gasteiger partial charge in [-0.05, 0) is 48.8 Å². The van der Waals surface area contributed by atoms with E-state index in [1.807, 2.05) is 18.2 Å². The van der Waals surface area contributed by atoms with Gasteiger partial charge in [0.2, 0.25) is 15.9 Å². The van der Waals surface area contributed by atoms with Gasteiger partial charge in [0, 0.05) is 31.2 Å². The van der Waals surface area contributed by atoms with Crippen LogP contribution < -0.4 is 4.72 Å². The first-order valence-corrected chi connectivity index (χ1v) is 12.7. The molecule has 0 radical (unpaired) electrons. The maximum Gasteiger partial charge on any atom is 0.241 e. The highest BCUT2D eigenvalue weighted by Crippen LogP contribution is 2.24. The van der Waals surface area contributed by atoms with E-state index < -0.39 is 16.1 Å². The number of fused-ring (bicyclic) bond motifs is 1. The van der Waals surface area contributed by atoms with Crippen LogP contribution in [0.15, 0.2) is 65.7 Å². The monoisotopic (exact) mass is 464 g/mol. The lowest BCUT2D eigenvalue weighted by molar-refractivity contribution is -0.134. The maximum absolute atomic E-state index is 13.4. The molecule has 172 valence electrons. The fourth-order valence-electron chi connectivity index (χ4n) is 4.34. The molecule has 2 aromatic carbocycles. The van der Waals surface area contributed by atoms with Gasteiger partial charge in [-0.25, -0.2) is 8.42 Å². The number of benzene rings is 2. The summed E-state index contributed by atoms with van der Waals surface area (Å²) in [6, 6.07) is 17.1. The Hall–Kier alpha value is -3.15. The topological polar surface area (TPSA) is 95.2 Å². The van der Waals surface area contributed by atoms with Crippen LogP contribution in [0.5, 0.6) is 0 Å². The van der Waals surface area contributed by atoms with Crippen LogP contribution in [0.4, 0.5) is 0 Å². The van der Waals surface area contributed by atoms with Crippen LogP contribution in [-0.4, -0.2) is 42.9 Å². The fraction of sp³-hybridized carbons (Fsp3) is 0.360. The molecule has 3 aromatic rings. The molecule has 8 heteroatoms. The van der Waals surface area contributed by atoms with Crippen molar-refractivity contribution in [2.75, 3.05) is 13.1 Å². The minimum absolute atomic E-state index is 0.157. The molecular weight excluding hydrogens is 436 g/mol. The van der Waals surface area contributed by atoms with Gasteiger partial charge in [0.15, 0.2) is 0 Å². The molecule has 0 saturated carbocycles. The van der Waals surface area contributed by atoms with E-state index in [0.29, 0.717) is 36.6 Å². The number of carbonyl (C=O) groups is 1. The highest BCUT2D eigenvalue weighted by atomic mass is 32.2. The number of aromatic nitrogens is 1. The molecule has 1 fully saturated rings. The highest BCUT2D eigenvalue weighted by molar-refractivity contribution is 7.89. The first-order valence-electron chi connectivity index (χ1n) is 11.2. The number of hydrogen-bond donors (Lipinski definition) is 1. The molecule has 33 heavy (non-hydrogen) atoms. The Kier molecular flexibility index (Phi) is 6.82. The minimum Gasteiger partial charge on any atom is -0.341 e. The number of sulfonamides is 1. The van der Waals surface area contributed by atoms with Crippen LogP contribution in [0.1, 0.15) is 31.9 Å². The zero-order chi connectivity index (χ0) is 23.4. The second kappa shape index (κ2) is 9.77. The van der Waals surface area contributed by atoms with E-state index in [2.05, 4.69) is 17.7 Å². The predicted molar refractivity (Wildman–Crippen MR) is 127 cm³/mol. The Morgan fingerprint density at radius 2 is 1.85 bits per heavy atom. The number of amides is 1. The quantitative estimate of drug-likeness (QED) is 0.579. The second-order valence-electron chi connectivity index (χ2n) is 8.65. The number of piperidine rings is 1. The lowest BCUT2D eigenvalue weighted by Crippen LogP contribution is -2.50. The van der Waals surface area contributed by atoms with Crippen molar-refractivity contribution in [3.63, 3.8) is 0 Å². The molecule has 0 aliphatic carbocycles. The summed E-state index contributed by atoms with van der Waals surface area (Å²) in [6.07, 6.45) is 3.83. The SMILES string of the molecule is CC1CCN(C(=O)C(CCn2cccc2C#N)NS(=O)(=O)c2cccc3ccccc23)CC1. The van der Waals surface area contributed by atoms with Crippen molar-refractivity contribution >= 4 is 26.7 Å². The summed E-state index contributed by atoms with van der Waals surface area (Å²) in [4.78, 5) is 15.3. The van der Waals surface area contributed by atoms with Crippen molar-refractivity contribution in [3.8, 4) is 6.07 Å². The molecule has 1 amide bonds. The Bertz CT molecular complexity index is 1280. The van der Waals surface area contributed by atoms with Crippen molar-refractivity contribution < 1.29 is 13.2 Å². The van der Waals surface area contributed by atoms with E-state index >= 15 is 0 Å². The van der Waals surface area contributed by atoms with Gasteiger partial charge in [-0.3, -0.25) is 4.79 Å². The molecule has 2 heterocycles. The normalized spacial score (nSPS) is 15.9. The van der Waals surface area contributed by atoms with Gasteiger partial charge >= 0.3 is 0 Å². The molecule has 1 N–H and O–H groups in total. The van der Waals surface area contributed by atoms with Crippen molar-refractivity contribution in [2.24, 2.45) is 5.92 Å². The standard InChI is InChI=1S/C25H28N4O3S/c1-19-11-15-29(16-12-19)25(30)23(13-17-28-14-5-8-21(28)18-26)27-33(31,32)24-10-4-7-20-6-2-3-9-22(20)24/h2-10,14,19,23,27H,11-13,15-17H2,1H3. The van der Waals surface area contributed by atoms with Gasteiger partial charge in [-0.15, -0.1) is 0 Å². The Morgan fingerprint density at radius 3 is 2.61 bits per heavy atom. The van der Waals surface area contributed by atoms with Crippen molar-refractivity contribution in [1.29, 1.82) is 5.26 Å². The maximum atomic E-state index is 13.4. The number of aryl methyl sites for hydroxylation is 1. The van der Waals surface area contributed by atoms with E-state index in [4.69, 9.17) is 0 Å². The predicted octanol–water partition coefficient (Wildman–Crippen LogP) is 3.51. The van der Waals surface area contributed by atoms with Gasteiger partial charge in [-0.1, -0.05) is 43.3 Å². The van der Waals surface area contributed by atoms with Crippen LogP contribution in [-0.2, 0) is 21.4 Å². The van der Waals surface area contributed by atoms with Crippen LogP contribution in [0.3, 0.4) is 0 Å². The molecule has 1 aliphatic rings. The summed E-state index contributed by atoms with van der Waals surface area (Å²) in [5, 5.41) is 10.7. The molecule has 7 nitrogen and oxygen atoms in total. The third kappa shape index (κ3) is 5.10. The average Bonchev–Trinajstić information content (AvgIpc) is 3.29. The first kappa shape index (κ1) is 23.0. The number of likely N-dealkylation sites (tertiary alicyclic amines) is 1. The third-order valence-electron chi connectivity index (χ3n) is 6.33. The lowest BCUT2D eigenvalue weighted by Gasteiger charge is -2.33. The molecule has 4 rings (SSSR count). The summed E-state index contributed by atoms with van der Waals surface area (Å²) in [5.41, 5.74) is 0.477. The first-order chi connectivity index (χ1) is 15.9. The fourth-order valence-corrected chi connectivity index (χ4v) is 5.80. The van der Waals surface area contributed by atoms with Crippen molar-refractivity contribution in [3.05, 3.63) is 66.5 Å². The van der Waals surface area contributed by atoms with Gasteiger partial charge in [0.1, 0.15) is 17.8 Å². The summed E-state index contributed by atoms with van der Waals surface area (Å²) in [6.45, 7) is 3.77. The molecule has 1 unspecified atom stereocenters. The number of nitrogens with one attached hydrogen (secondary N) is 1. The average molecular weight is 465 g/mol. The number of nitrogens with zero attached hydrogens (tertiary/aromatic N) is 3. The molecule has 0 spiro atoms. The summed E-state index contributed by atoms with van der Waals surface area (Å²) in [7, 11) is -3.96. The Morgan fingerprint density at radius 1 is 1.12 bits per heavy atom. The van der Waals surface area contributed by atoms with E-state index in [1.165, 1.54) is 0 Å². The molecule has 1 aliphatic heterocycles. The van der Waals surface area contributed by atoms with Crippen LogP contribution in [0.25, 0.3) is 10.8 Å². The van der Waals surface area contributed by atoms with Crippen molar-refractivity contribution in [1.82, 2.24) is 14.2 Å². The Labute approximate surface area is 194 Å². The Balaban J connectivity index is 1.61. The van der Waals surface area contributed by atoms with E-state index in [-0.39, 0.29) is 17.2 Å². The number of nitriles is 1. The number of carbonyl (C=O) groups excluding carboxylic acids is 1. The van der Waals surface area contributed by atoms with Crippen LogP contribution >= 0.6 is 0 Å². The summed E-state index contributed by atoms with van der Waals surface area (Å²) in [5.74, 6) is 0.342.